The lowest BCUT2D eigenvalue weighted by Gasteiger charge is -2.35. The molecule has 3 N–H and O–H groups in total. The van der Waals surface area contributed by atoms with E-state index in [9.17, 15) is 19.5 Å². The lowest BCUT2D eigenvalue weighted by atomic mass is 9.94. The highest BCUT2D eigenvalue weighted by Gasteiger charge is 2.35. The largest absolute Gasteiger partial charge is 0.480 e. The molecule has 1 aromatic carbocycles. The molecule has 0 radical (unpaired) electrons. The maximum atomic E-state index is 12.8. The summed E-state index contributed by atoms with van der Waals surface area (Å²) in [6.45, 7) is 5.70. The predicted octanol–water partition coefficient (Wildman–Crippen LogP) is 3.16. The summed E-state index contributed by atoms with van der Waals surface area (Å²) in [5.74, 6) is -0.874. The zero-order valence-corrected chi connectivity index (χ0v) is 20.1. The molecule has 0 aliphatic carbocycles. The van der Waals surface area contributed by atoms with Crippen LogP contribution in [0.5, 0.6) is 0 Å². The lowest BCUT2D eigenvalue weighted by molar-refractivity contribution is -0.147. The predicted molar refractivity (Wildman–Crippen MR) is 127 cm³/mol. The van der Waals surface area contributed by atoms with Crippen LogP contribution < -0.4 is 10.6 Å². The van der Waals surface area contributed by atoms with Crippen LogP contribution in [0.4, 0.5) is 0 Å². The number of aliphatic carboxylic acids is 1. The van der Waals surface area contributed by atoms with Crippen molar-refractivity contribution < 1.29 is 24.2 Å². The summed E-state index contributed by atoms with van der Waals surface area (Å²) in [5, 5.41) is 15.4. The van der Waals surface area contributed by atoms with E-state index in [1.165, 1.54) is 0 Å². The summed E-state index contributed by atoms with van der Waals surface area (Å²) in [6, 6.07) is 7.42. The summed E-state index contributed by atoms with van der Waals surface area (Å²) in [6.07, 6.45) is 4.65. The zero-order valence-electron chi connectivity index (χ0n) is 19.3. The third-order valence-electron chi connectivity index (χ3n) is 5.78. The Balaban J connectivity index is 1.98. The Labute approximate surface area is 195 Å². The standard InChI is InChI=1S/C24H36N2O5S/c1-4-31-23(30)19(13-12-18-10-6-5-7-11-18)25-17(2)21(27)26-20(22(28)29)16-24(3)14-8-9-15-32-24/h5-7,10-11,17,19-20,25H,4,8-9,12-16H2,1-3H3,(H,26,27)(H,28,29)/t17-,19?,20-,24?/m0/s1. The van der Waals surface area contributed by atoms with Crippen LogP contribution >= 0.6 is 11.8 Å². The maximum absolute atomic E-state index is 12.8. The molecule has 0 aromatic heterocycles. The summed E-state index contributed by atoms with van der Waals surface area (Å²) >= 11 is 1.78. The van der Waals surface area contributed by atoms with Crippen LogP contribution in [0, 0.1) is 0 Å². The number of ether oxygens (including phenoxy) is 1. The van der Waals surface area contributed by atoms with Gasteiger partial charge in [-0.2, -0.15) is 11.8 Å². The summed E-state index contributed by atoms with van der Waals surface area (Å²) in [7, 11) is 0. The number of nitrogens with one attached hydrogen (secondary N) is 2. The fourth-order valence-corrected chi connectivity index (χ4v) is 5.34. The molecule has 1 saturated heterocycles. The second kappa shape index (κ2) is 12.8. The molecule has 2 rings (SSSR count). The van der Waals surface area contributed by atoms with E-state index in [4.69, 9.17) is 4.74 Å². The van der Waals surface area contributed by atoms with Crippen LogP contribution in [-0.4, -0.2) is 58.2 Å². The first-order chi connectivity index (χ1) is 15.2. The van der Waals surface area contributed by atoms with Crippen molar-refractivity contribution in [1.82, 2.24) is 10.6 Å². The van der Waals surface area contributed by atoms with Gasteiger partial charge in [0.05, 0.1) is 12.6 Å². The molecule has 1 aliphatic rings. The molecule has 1 amide bonds. The molecule has 1 aliphatic heterocycles. The topological polar surface area (TPSA) is 105 Å². The van der Waals surface area contributed by atoms with Crippen LogP contribution in [0.15, 0.2) is 30.3 Å². The minimum atomic E-state index is -1.04. The van der Waals surface area contributed by atoms with Crippen LogP contribution in [0.1, 0.15) is 58.4 Å². The van der Waals surface area contributed by atoms with E-state index in [0.717, 1.165) is 30.6 Å². The van der Waals surface area contributed by atoms with E-state index in [0.29, 0.717) is 19.3 Å². The molecule has 4 atom stereocenters. The second-order valence-corrected chi connectivity index (χ2v) is 10.3. The van der Waals surface area contributed by atoms with Gasteiger partial charge in [-0.3, -0.25) is 14.9 Å². The molecule has 0 spiro atoms. The molecule has 1 fully saturated rings. The molecule has 32 heavy (non-hydrogen) atoms. The van der Waals surface area contributed by atoms with Crippen molar-refractivity contribution in [3.8, 4) is 0 Å². The monoisotopic (exact) mass is 464 g/mol. The van der Waals surface area contributed by atoms with Gasteiger partial charge in [-0.1, -0.05) is 43.7 Å². The number of rotatable bonds is 12. The van der Waals surface area contributed by atoms with Crippen molar-refractivity contribution in [1.29, 1.82) is 0 Å². The summed E-state index contributed by atoms with van der Waals surface area (Å²) in [5.41, 5.74) is 1.09. The first-order valence-corrected chi connectivity index (χ1v) is 12.4. The average molecular weight is 465 g/mol. The molecule has 1 aromatic rings. The van der Waals surface area contributed by atoms with Crippen molar-refractivity contribution in [2.45, 2.75) is 82.2 Å². The van der Waals surface area contributed by atoms with Crippen LogP contribution in [0.25, 0.3) is 0 Å². The Morgan fingerprint density at radius 3 is 2.50 bits per heavy atom. The van der Waals surface area contributed by atoms with Gasteiger partial charge in [-0.15, -0.1) is 0 Å². The van der Waals surface area contributed by atoms with E-state index < -0.39 is 36.0 Å². The number of hydrogen-bond acceptors (Lipinski definition) is 6. The molecular weight excluding hydrogens is 428 g/mol. The van der Waals surface area contributed by atoms with Gasteiger partial charge < -0.3 is 15.2 Å². The number of amides is 1. The smallest absolute Gasteiger partial charge is 0.326 e. The van der Waals surface area contributed by atoms with Gasteiger partial charge in [0.2, 0.25) is 5.91 Å². The quantitative estimate of drug-likeness (QED) is 0.408. The number of esters is 1. The Morgan fingerprint density at radius 2 is 1.91 bits per heavy atom. The van der Waals surface area contributed by atoms with Gasteiger partial charge in [0.15, 0.2) is 0 Å². The van der Waals surface area contributed by atoms with Gasteiger partial charge in [0.1, 0.15) is 12.1 Å². The number of carboxylic acid groups (broad SMARTS) is 1. The summed E-state index contributed by atoms with van der Waals surface area (Å²) < 4.78 is 5.02. The third-order valence-corrected chi connectivity index (χ3v) is 7.34. The maximum Gasteiger partial charge on any atom is 0.326 e. The minimum Gasteiger partial charge on any atom is -0.480 e. The molecule has 8 heteroatoms. The Morgan fingerprint density at radius 1 is 1.19 bits per heavy atom. The number of carbonyl (C=O) groups excluding carboxylic acids is 2. The van der Waals surface area contributed by atoms with Crippen molar-refractivity contribution in [2.24, 2.45) is 0 Å². The summed E-state index contributed by atoms with van der Waals surface area (Å²) in [4.78, 5) is 37.1. The molecule has 0 saturated carbocycles. The van der Waals surface area contributed by atoms with Gasteiger partial charge >= 0.3 is 11.9 Å². The van der Waals surface area contributed by atoms with Gasteiger partial charge in [0, 0.05) is 4.75 Å². The second-order valence-electron chi connectivity index (χ2n) is 8.58. The van der Waals surface area contributed by atoms with Crippen LogP contribution in [-0.2, 0) is 25.5 Å². The average Bonchev–Trinajstić information content (AvgIpc) is 2.77. The third kappa shape index (κ3) is 8.47. The molecule has 7 nitrogen and oxygen atoms in total. The first kappa shape index (κ1) is 26.2. The Kier molecular flexibility index (Phi) is 10.5. The zero-order chi connectivity index (χ0) is 23.6. The van der Waals surface area contributed by atoms with E-state index in [-0.39, 0.29) is 11.4 Å². The van der Waals surface area contributed by atoms with Crippen molar-refractivity contribution in [3.05, 3.63) is 35.9 Å². The van der Waals surface area contributed by atoms with E-state index >= 15 is 0 Å². The highest BCUT2D eigenvalue weighted by atomic mass is 32.2. The van der Waals surface area contributed by atoms with Crippen molar-refractivity contribution in [2.75, 3.05) is 12.4 Å². The van der Waals surface area contributed by atoms with Gasteiger partial charge in [-0.05, 0) is 57.3 Å². The SMILES string of the molecule is CCOC(=O)C(CCc1ccccc1)N[C@@H](C)C(=O)N[C@@H](CC1(C)CCCCS1)C(=O)O. The Hall–Kier alpha value is -2.06. The van der Waals surface area contributed by atoms with Crippen molar-refractivity contribution >= 4 is 29.6 Å². The van der Waals surface area contributed by atoms with Crippen LogP contribution in [0.2, 0.25) is 0 Å². The number of benzene rings is 1. The van der Waals surface area contributed by atoms with Crippen molar-refractivity contribution in [3.63, 3.8) is 0 Å². The van der Waals surface area contributed by atoms with Crippen LogP contribution in [0.3, 0.4) is 0 Å². The first-order valence-electron chi connectivity index (χ1n) is 11.4. The van der Waals surface area contributed by atoms with Gasteiger partial charge in [0.25, 0.3) is 0 Å². The van der Waals surface area contributed by atoms with Gasteiger partial charge in [-0.25, -0.2) is 4.79 Å². The number of hydrogen-bond donors (Lipinski definition) is 3. The normalized spacial score (nSPS) is 21.2. The molecule has 0 bridgehead atoms. The van der Waals surface area contributed by atoms with E-state index in [2.05, 4.69) is 17.6 Å². The Bertz CT molecular complexity index is 752. The fourth-order valence-electron chi connectivity index (χ4n) is 3.93. The number of aryl methyl sites for hydroxylation is 1. The highest BCUT2D eigenvalue weighted by Crippen LogP contribution is 2.39. The van der Waals surface area contributed by atoms with E-state index in [1.807, 2.05) is 30.3 Å². The minimum absolute atomic E-state index is 0.158. The highest BCUT2D eigenvalue weighted by molar-refractivity contribution is 8.00. The fraction of sp³-hybridized carbons (Fsp3) is 0.625. The molecule has 2 unspecified atom stereocenters. The van der Waals surface area contributed by atoms with E-state index in [1.54, 1.807) is 25.6 Å². The molecule has 1 heterocycles. The number of carboxylic acids is 1. The number of carbonyl (C=O) groups is 3. The number of thioether (sulfide) groups is 1. The molecular formula is C24H36N2O5S. The molecule has 178 valence electrons. The lowest BCUT2D eigenvalue weighted by Crippen LogP contribution is -2.54.